The number of aliphatic hydroxyl groups excluding tert-OH is 1. The lowest BCUT2D eigenvalue weighted by Crippen LogP contribution is -2.20. The van der Waals surface area contributed by atoms with Gasteiger partial charge in [-0.25, -0.2) is 9.59 Å². The fourth-order valence-corrected chi connectivity index (χ4v) is 1.63. The summed E-state index contributed by atoms with van der Waals surface area (Å²) >= 11 is 0. The SMILES string of the molecule is O=COCCCC(O)COC(=O)c1ccccc1C(=O)O. The van der Waals surface area contributed by atoms with Gasteiger partial charge in [0.25, 0.3) is 6.47 Å². The highest BCUT2D eigenvalue weighted by Gasteiger charge is 2.18. The van der Waals surface area contributed by atoms with Crippen LogP contribution < -0.4 is 0 Å². The Kier molecular flexibility index (Phi) is 6.90. The van der Waals surface area contributed by atoms with Crippen LogP contribution in [-0.2, 0) is 14.3 Å². The average molecular weight is 296 g/mol. The fraction of sp³-hybridized carbons (Fsp3) is 0.357. The number of hydrogen-bond donors (Lipinski definition) is 2. The molecule has 7 heteroatoms. The summed E-state index contributed by atoms with van der Waals surface area (Å²) in [5.74, 6) is -2.04. The number of ether oxygens (including phenoxy) is 2. The van der Waals surface area contributed by atoms with Gasteiger partial charge in [-0.15, -0.1) is 0 Å². The van der Waals surface area contributed by atoms with Gasteiger partial charge in [-0.1, -0.05) is 12.1 Å². The molecule has 0 spiro atoms. The molecule has 0 saturated heterocycles. The van der Waals surface area contributed by atoms with E-state index in [4.69, 9.17) is 9.84 Å². The number of hydrogen-bond acceptors (Lipinski definition) is 6. The highest BCUT2D eigenvalue weighted by Crippen LogP contribution is 2.11. The maximum Gasteiger partial charge on any atom is 0.339 e. The van der Waals surface area contributed by atoms with Crippen molar-refractivity contribution in [3.05, 3.63) is 35.4 Å². The van der Waals surface area contributed by atoms with Gasteiger partial charge in [-0.2, -0.15) is 0 Å². The number of carbonyl (C=O) groups is 3. The molecule has 114 valence electrons. The zero-order valence-corrected chi connectivity index (χ0v) is 11.2. The molecule has 1 atom stereocenters. The smallest absolute Gasteiger partial charge is 0.339 e. The van der Waals surface area contributed by atoms with E-state index in [1.165, 1.54) is 24.3 Å². The van der Waals surface area contributed by atoms with Gasteiger partial charge in [0.05, 0.1) is 23.8 Å². The molecule has 0 aliphatic heterocycles. The summed E-state index contributed by atoms with van der Waals surface area (Å²) in [5.41, 5.74) is -0.224. The van der Waals surface area contributed by atoms with Crippen LogP contribution in [0.5, 0.6) is 0 Å². The van der Waals surface area contributed by atoms with Crippen molar-refractivity contribution in [1.29, 1.82) is 0 Å². The molecule has 21 heavy (non-hydrogen) atoms. The minimum absolute atomic E-state index is 0.0681. The van der Waals surface area contributed by atoms with Crippen molar-refractivity contribution in [3.63, 3.8) is 0 Å². The first-order valence-electron chi connectivity index (χ1n) is 6.29. The molecule has 1 unspecified atom stereocenters. The standard InChI is InChI=1S/C14H16O7/c15-9-20-7-3-4-10(16)8-21-14(19)12-6-2-1-5-11(12)13(17)18/h1-2,5-6,9-10,16H,3-4,7-8H2,(H,17,18). The molecule has 2 N–H and O–H groups in total. The van der Waals surface area contributed by atoms with Crippen LogP contribution in [0.2, 0.25) is 0 Å². The van der Waals surface area contributed by atoms with Crippen LogP contribution in [0.25, 0.3) is 0 Å². The monoisotopic (exact) mass is 296 g/mol. The summed E-state index contributed by atoms with van der Waals surface area (Å²) in [6, 6.07) is 5.67. The van der Waals surface area contributed by atoms with E-state index in [0.29, 0.717) is 19.3 Å². The predicted molar refractivity (Wildman–Crippen MR) is 70.9 cm³/mol. The maximum atomic E-state index is 11.8. The second kappa shape index (κ2) is 8.70. The van der Waals surface area contributed by atoms with Gasteiger partial charge < -0.3 is 19.7 Å². The molecule has 1 aromatic carbocycles. The van der Waals surface area contributed by atoms with Crippen LogP contribution in [-0.4, -0.2) is 47.9 Å². The lowest BCUT2D eigenvalue weighted by molar-refractivity contribution is -0.128. The lowest BCUT2D eigenvalue weighted by Gasteiger charge is -2.11. The second-order valence-electron chi connectivity index (χ2n) is 4.21. The summed E-state index contributed by atoms with van der Waals surface area (Å²) in [4.78, 5) is 32.7. The number of esters is 1. The molecule has 0 amide bonds. The van der Waals surface area contributed by atoms with E-state index in [0.717, 1.165) is 0 Å². The lowest BCUT2D eigenvalue weighted by atomic mass is 10.1. The van der Waals surface area contributed by atoms with Crippen LogP contribution in [0.3, 0.4) is 0 Å². The van der Waals surface area contributed by atoms with Crippen molar-refractivity contribution in [3.8, 4) is 0 Å². The Morgan fingerprint density at radius 2 is 1.90 bits per heavy atom. The average Bonchev–Trinajstić information content (AvgIpc) is 2.49. The quantitative estimate of drug-likeness (QED) is 0.395. The first-order valence-corrected chi connectivity index (χ1v) is 6.29. The Hall–Kier alpha value is -2.41. The Morgan fingerprint density at radius 3 is 2.52 bits per heavy atom. The predicted octanol–water partition coefficient (Wildman–Crippen LogP) is 0.856. The van der Waals surface area contributed by atoms with Gasteiger partial charge in [-0.3, -0.25) is 4.79 Å². The third-order valence-electron chi connectivity index (χ3n) is 2.65. The molecule has 1 rings (SSSR count). The summed E-state index contributed by atoms with van der Waals surface area (Å²) in [5, 5.41) is 18.5. The van der Waals surface area contributed by atoms with E-state index in [-0.39, 0.29) is 24.3 Å². The molecule has 0 fully saturated rings. The molecular weight excluding hydrogens is 280 g/mol. The van der Waals surface area contributed by atoms with Gasteiger partial charge in [0.1, 0.15) is 6.61 Å². The third kappa shape index (κ3) is 5.62. The second-order valence-corrected chi connectivity index (χ2v) is 4.21. The molecule has 0 aliphatic rings. The molecule has 1 aromatic rings. The van der Waals surface area contributed by atoms with Gasteiger partial charge in [0.15, 0.2) is 0 Å². The van der Waals surface area contributed by atoms with Crippen LogP contribution >= 0.6 is 0 Å². The Morgan fingerprint density at radius 1 is 1.24 bits per heavy atom. The molecule has 0 bridgehead atoms. The molecular formula is C14H16O7. The fourth-order valence-electron chi connectivity index (χ4n) is 1.63. The van der Waals surface area contributed by atoms with Crippen molar-refractivity contribution in [1.82, 2.24) is 0 Å². The molecule has 0 radical (unpaired) electrons. The van der Waals surface area contributed by atoms with E-state index >= 15 is 0 Å². The number of aromatic carboxylic acids is 1. The van der Waals surface area contributed by atoms with Crippen molar-refractivity contribution >= 4 is 18.4 Å². The molecule has 0 aliphatic carbocycles. The highest BCUT2D eigenvalue weighted by atomic mass is 16.5. The Bertz CT molecular complexity index is 498. The van der Waals surface area contributed by atoms with Gasteiger partial charge in [0, 0.05) is 0 Å². The van der Waals surface area contributed by atoms with Gasteiger partial charge >= 0.3 is 11.9 Å². The summed E-state index contributed by atoms with van der Waals surface area (Å²) in [6.45, 7) is 0.236. The first kappa shape index (κ1) is 16.6. The van der Waals surface area contributed by atoms with Crippen molar-refractivity contribution in [2.24, 2.45) is 0 Å². The van der Waals surface area contributed by atoms with Crippen LogP contribution in [0.4, 0.5) is 0 Å². The largest absolute Gasteiger partial charge is 0.478 e. The Balaban J connectivity index is 2.47. The van der Waals surface area contributed by atoms with Crippen molar-refractivity contribution in [2.75, 3.05) is 13.2 Å². The minimum atomic E-state index is -1.23. The highest BCUT2D eigenvalue weighted by molar-refractivity contribution is 6.02. The molecule has 0 saturated carbocycles. The number of carboxylic acids is 1. The molecule has 7 nitrogen and oxygen atoms in total. The van der Waals surface area contributed by atoms with E-state index in [1.54, 1.807) is 0 Å². The van der Waals surface area contributed by atoms with Gasteiger partial charge in [-0.05, 0) is 25.0 Å². The van der Waals surface area contributed by atoms with Crippen molar-refractivity contribution in [2.45, 2.75) is 18.9 Å². The molecule has 0 aromatic heterocycles. The van der Waals surface area contributed by atoms with Crippen LogP contribution in [0.15, 0.2) is 24.3 Å². The topological polar surface area (TPSA) is 110 Å². The zero-order valence-electron chi connectivity index (χ0n) is 11.2. The van der Waals surface area contributed by atoms with Crippen LogP contribution in [0.1, 0.15) is 33.6 Å². The van der Waals surface area contributed by atoms with E-state index < -0.39 is 18.0 Å². The number of aliphatic hydroxyl groups is 1. The Labute approximate surface area is 121 Å². The van der Waals surface area contributed by atoms with E-state index in [9.17, 15) is 19.5 Å². The van der Waals surface area contributed by atoms with E-state index in [1.807, 2.05) is 0 Å². The zero-order chi connectivity index (χ0) is 15.7. The summed E-state index contributed by atoms with van der Waals surface area (Å²) < 4.78 is 9.33. The first-order chi connectivity index (χ1) is 10.1. The summed E-state index contributed by atoms with van der Waals surface area (Å²) in [7, 11) is 0. The van der Waals surface area contributed by atoms with E-state index in [2.05, 4.69) is 4.74 Å². The maximum absolute atomic E-state index is 11.8. The molecule has 0 heterocycles. The van der Waals surface area contributed by atoms with Crippen molar-refractivity contribution < 1.29 is 34.1 Å². The number of benzene rings is 1. The number of rotatable bonds is 9. The number of carboxylic acid groups (broad SMARTS) is 1. The summed E-state index contributed by atoms with van der Waals surface area (Å²) in [6.07, 6.45) is -0.175. The normalized spacial score (nSPS) is 11.5. The number of carbonyl (C=O) groups excluding carboxylic acids is 2. The van der Waals surface area contributed by atoms with Crippen LogP contribution in [0, 0.1) is 0 Å². The third-order valence-corrected chi connectivity index (χ3v) is 2.65. The van der Waals surface area contributed by atoms with Gasteiger partial charge in [0.2, 0.25) is 0 Å². The minimum Gasteiger partial charge on any atom is -0.478 e.